The van der Waals surface area contributed by atoms with Gasteiger partial charge in [0, 0.05) is 18.3 Å². The summed E-state index contributed by atoms with van der Waals surface area (Å²) in [5, 5.41) is 16.6. The molecule has 3 aromatic carbocycles. The predicted molar refractivity (Wildman–Crippen MR) is 113 cm³/mol. The van der Waals surface area contributed by atoms with Crippen LogP contribution in [0, 0.1) is 10.1 Å². The number of hydrogen-bond acceptors (Lipinski definition) is 6. The van der Waals surface area contributed by atoms with Gasteiger partial charge in [0.15, 0.2) is 11.5 Å². The summed E-state index contributed by atoms with van der Waals surface area (Å²) in [6, 6.07) is 17.7. The molecule has 0 saturated heterocycles. The van der Waals surface area contributed by atoms with Crippen LogP contribution in [0.1, 0.15) is 5.56 Å². The van der Waals surface area contributed by atoms with Crippen molar-refractivity contribution < 1.29 is 19.2 Å². The van der Waals surface area contributed by atoms with Crippen molar-refractivity contribution in [3.8, 4) is 11.5 Å². The number of fused-ring (bicyclic) bond motifs is 2. The van der Waals surface area contributed by atoms with E-state index in [0.29, 0.717) is 17.1 Å². The zero-order chi connectivity index (χ0) is 20.9. The fourth-order valence-electron chi connectivity index (χ4n) is 3.00. The number of nitrogens with one attached hydrogen (secondary N) is 1. The number of nitrogens with zero attached hydrogens (tertiary/aromatic N) is 2. The van der Waals surface area contributed by atoms with E-state index in [0.717, 1.165) is 10.8 Å². The number of carbonyl (C=O) groups excluding carboxylic acids is 1. The van der Waals surface area contributed by atoms with Gasteiger partial charge in [0.1, 0.15) is 6.61 Å². The molecule has 8 heteroatoms. The van der Waals surface area contributed by atoms with Gasteiger partial charge >= 0.3 is 0 Å². The molecule has 1 heterocycles. The van der Waals surface area contributed by atoms with Crippen molar-refractivity contribution in [1.29, 1.82) is 0 Å². The average Bonchev–Trinajstić information content (AvgIpc) is 2.77. The first kappa shape index (κ1) is 19.1. The Hall–Kier alpha value is -4.20. The smallest absolute Gasteiger partial charge is 0.284 e. The molecule has 1 atom stereocenters. The topological polar surface area (TPSA) is 103 Å². The number of allylic oxidation sites excluding steroid dienone is 1. The average molecular weight is 403 g/mol. The van der Waals surface area contributed by atoms with Crippen molar-refractivity contribution in [2.24, 2.45) is 5.10 Å². The molecule has 1 aliphatic heterocycles. The maximum atomic E-state index is 12.3. The Morgan fingerprint density at radius 3 is 2.63 bits per heavy atom. The summed E-state index contributed by atoms with van der Waals surface area (Å²) < 4.78 is 11.4. The molecule has 1 N–H and O–H groups in total. The van der Waals surface area contributed by atoms with Gasteiger partial charge in [-0.2, -0.15) is 5.10 Å². The Morgan fingerprint density at radius 2 is 1.87 bits per heavy atom. The summed E-state index contributed by atoms with van der Waals surface area (Å²) in [7, 11) is 0. The Balaban J connectivity index is 1.35. The van der Waals surface area contributed by atoms with Crippen molar-refractivity contribution in [2.45, 2.75) is 6.10 Å². The molecule has 8 nitrogen and oxygen atoms in total. The molecule has 0 radical (unpaired) electrons. The maximum Gasteiger partial charge on any atom is 0.284 e. The van der Waals surface area contributed by atoms with E-state index in [1.54, 1.807) is 24.3 Å². The van der Waals surface area contributed by atoms with E-state index in [4.69, 9.17) is 9.47 Å². The number of nitro groups is 1. The first-order chi connectivity index (χ1) is 14.6. The van der Waals surface area contributed by atoms with Gasteiger partial charge in [-0.25, -0.2) is 5.43 Å². The summed E-state index contributed by atoms with van der Waals surface area (Å²) >= 11 is 0. The number of amides is 1. The molecule has 0 aliphatic carbocycles. The molecule has 3 aromatic rings. The Labute approximate surface area is 171 Å². The van der Waals surface area contributed by atoms with Crippen molar-refractivity contribution in [3.05, 3.63) is 82.4 Å². The van der Waals surface area contributed by atoms with Gasteiger partial charge in [0.25, 0.3) is 11.6 Å². The summed E-state index contributed by atoms with van der Waals surface area (Å²) in [4.78, 5) is 22.6. The first-order valence-electron chi connectivity index (χ1n) is 9.16. The minimum Gasteiger partial charge on any atom is -0.485 e. The maximum absolute atomic E-state index is 12.3. The highest BCUT2D eigenvalue weighted by Gasteiger charge is 2.27. The van der Waals surface area contributed by atoms with Crippen LogP contribution in [-0.4, -0.2) is 29.8 Å². The third-order valence-electron chi connectivity index (χ3n) is 4.47. The van der Waals surface area contributed by atoms with Crippen LogP contribution in [-0.2, 0) is 4.79 Å². The summed E-state index contributed by atoms with van der Waals surface area (Å²) in [5.41, 5.74) is 3.05. The highest BCUT2D eigenvalue weighted by molar-refractivity contribution is 5.87. The van der Waals surface area contributed by atoms with Crippen LogP contribution in [0.3, 0.4) is 0 Å². The number of carbonyl (C=O) groups is 1. The number of ether oxygens (including phenoxy) is 2. The predicted octanol–water partition coefficient (Wildman–Crippen LogP) is 3.70. The number of hydrazone groups is 1. The van der Waals surface area contributed by atoms with E-state index >= 15 is 0 Å². The molecule has 1 aliphatic rings. The minimum absolute atomic E-state index is 0.00454. The highest BCUT2D eigenvalue weighted by atomic mass is 16.6. The fraction of sp³-hybridized carbons (Fsp3) is 0.0909. The van der Waals surface area contributed by atoms with Gasteiger partial charge in [0.05, 0.1) is 4.92 Å². The molecule has 0 bridgehead atoms. The summed E-state index contributed by atoms with van der Waals surface area (Å²) in [6.07, 6.45) is 3.77. The van der Waals surface area contributed by atoms with Gasteiger partial charge in [0.2, 0.25) is 6.10 Å². The lowest BCUT2D eigenvalue weighted by Gasteiger charge is -2.25. The molecular formula is C22H17N3O5. The quantitative estimate of drug-likeness (QED) is 0.397. The standard InChI is InChI=1S/C22H17N3O5/c26-22(24-23-10-4-6-15-5-3-9-18(11-15)25(27)28)21-14-29-19-12-16-7-1-2-8-17(16)13-20(19)30-21/h1-13,21H,14H2,(H,24,26)/b6-4-,23-10+. The van der Waals surface area contributed by atoms with Crippen LogP contribution in [0.5, 0.6) is 11.5 Å². The lowest BCUT2D eigenvalue weighted by atomic mass is 10.1. The van der Waals surface area contributed by atoms with E-state index < -0.39 is 16.9 Å². The van der Waals surface area contributed by atoms with Crippen LogP contribution < -0.4 is 14.9 Å². The molecular weight excluding hydrogens is 386 g/mol. The molecule has 1 unspecified atom stereocenters. The zero-order valence-electron chi connectivity index (χ0n) is 15.7. The number of non-ortho nitro benzene ring substituents is 1. The van der Waals surface area contributed by atoms with E-state index in [9.17, 15) is 14.9 Å². The highest BCUT2D eigenvalue weighted by Crippen LogP contribution is 2.35. The van der Waals surface area contributed by atoms with E-state index in [2.05, 4.69) is 10.5 Å². The third-order valence-corrected chi connectivity index (χ3v) is 4.47. The van der Waals surface area contributed by atoms with E-state index in [1.165, 1.54) is 18.3 Å². The Morgan fingerprint density at radius 1 is 1.10 bits per heavy atom. The Kier molecular flexibility index (Phi) is 5.38. The number of benzene rings is 3. The monoisotopic (exact) mass is 403 g/mol. The minimum atomic E-state index is -0.823. The Bertz CT molecular complexity index is 1170. The van der Waals surface area contributed by atoms with E-state index in [1.807, 2.05) is 36.4 Å². The van der Waals surface area contributed by atoms with Gasteiger partial charge < -0.3 is 9.47 Å². The second-order valence-corrected chi connectivity index (χ2v) is 6.53. The first-order valence-corrected chi connectivity index (χ1v) is 9.16. The summed E-state index contributed by atoms with van der Waals surface area (Å²) in [5.74, 6) is 0.671. The van der Waals surface area contributed by atoms with Crippen LogP contribution in [0.15, 0.2) is 71.8 Å². The van der Waals surface area contributed by atoms with Gasteiger partial charge in [-0.3, -0.25) is 14.9 Å². The molecule has 0 aromatic heterocycles. The van der Waals surface area contributed by atoms with E-state index in [-0.39, 0.29) is 12.3 Å². The molecule has 0 saturated carbocycles. The second-order valence-electron chi connectivity index (χ2n) is 6.53. The molecule has 30 heavy (non-hydrogen) atoms. The summed E-state index contributed by atoms with van der Waals surface area (Å²) in [6.45, 7) is 0.0796. The van der Waals surface area contributed by atoms with Crippen LogP contribution in [0.2, 0.25) is 0 Å². The van der Waals surface area contributed by atoms with Crippen molar-refractivity contribution in [3.63, 3.8) is 0 Å². The zero-order valence-corrected chi connectivity index (χ0v) is 15.7. The fourth-order valence-corrected chi connectivity index (χ4v) is 3.00. The number of rotatable bonds is 5. The van der Waals surface area contributed by atoms with Crippen molar-refractivity contribution in [1.82, 2.24) is 5.43 Å². The van der Waals surface area contributed by atoms with Crippen LogP contribution in [0.4, 0.5) is 5.69 Å². The molecule has 150 valence electrons. The van der Waals surface area contributed by atoms with Gasteiger partial charge in [-0.15, -0.1) is 0 Å². The molecule has 0 spiro atoms. The largest absolute Gasteiger partial charge is 0.485 e. The van der Waals surface area contributed by atoms with Crippen LogP contribution in [0.25, 0.3) is 16.8 Å². The lowest BCUT2D eigenvalue weighted by Crippen LogP contribution is -2.42. The lowest BCUT2D eigenvalue weighted by molar-refractivity contribution is -0.384. The van der Waals surface area contributed by atoms with Crippen LogP contribution >= 0.6 is 0 Å². The number of hydrogen-bond donors (Lipinski definition) is 1. The van der Waals surface area contributed by atoms with Crippen molar-refractivity contribution in [2.75, 3.05) is 6.61 Å². The molecule has 0 fully saturated rings. The molecule has 4 rings (SSSR count). The SMILES string of the molecule is O=C(N/N=C/C=C\c1cccc([N+](=O)[O-])c1)C1COc2cc3ccccc3cc2O1. The second kappa shape index (κ2) is 8.44. The van der Waals surface area contributed by atoms with Gasteiger partial charge in [-0.05, 0) is 34.5 Å². The molecule has 1 amide bonds. The van der Waals surface area contributed by atoms with Gasteiger partial charge in [-0.1, -0.05) is 42.5 Å². The number of nitro benzene ring substituents is 1. The normalized spacial score (nSPS) is 15.5. The van der Waals surface area contributed by atoms with Crippen molar-refractivity contribution >= 4 is 34.7 Å². The third kappa shape index (κ3) is 4.27.